The topological polar surface area (TPSA) is 76.7 Å². The highest BCUT2D eigenvalue weighted by molar-refractivity contribution is 7.89. The van der Waals surface area contributed by atoms with Gasteiger partial charge in [-0.25, -0.2) is 13.1 Å². The van der Waals surface area contributed by atoms with E-state index in [9.17, 15) is 8.42 Å². The van der Waals surface area contributed by atoms with Gasteiger partial charge in [-0.3, -0.25) is 0 Å². The SMILES string of the molecule is COc1ccc(S(=O)(=O)NC2CCCNC2C)cc1OC.Cl. The Morgan fingerprint density at radius 1 is 1.23 bits per heavy atom. The zero-order valence-electron chi connectivity index (χ0n) is 13.0. The molecule has 126 valence electrons. The molecule has 0 saturated carbocycles. The molecule has 0 amide bonds. The summed E-state index contributed by atoms with van der Waals surface area (Å²) in [6.45, 7) is 2.91. The van der Waals surface area contributed by atoms with Gasteiger partial charge in [0.05, 0.1) is 19.1 Å². The number of methoxy groups -OCH3 is 2. The van der Waals surface area contributed by atoms with Gasteiger partial charge in [0.25, 0.3) is 0 Å². The summed E-state index contributed by atoms with van der Waals surface area (Å²) in [5.74, 6) is 0.902. The van der Waals surface area contributed by atoms with Crippen LogP contribution >= 0.6 is 12.4 Å². The number of nitrogens with one attached hydrogen (secondary N) is 2. The second-order valence-electron chi connectivity index (χ2n) is 5.13. The van der Waals surface area contributed by atoms with E-state index in [1.54, 1.807) is 6.07 Å². The minimum Gasteiger partial charge on any atom is -0.493 e. The van der Waals surface area contributed by atoms with Crippen molar-refractivity contribution in [1.82, 2.24) is 10.0 Å². The van der Waals surface area contributed by atoms with Crippen molar-refractivity contribution in [1.29, 1.82) is 0 Å². The van der Waals surface area contributed by atoms with Gasteiger partial charge in [-0.2, -0.15) is 0 Å². The van der Waals surface area contributed by atoms with E-state index in [-0.39, 0.29) is 29.4 Å². The normalized spacial score (nSPS) is 21.8. The quantitative estimate of drug-likeness (QED) is 0.842. The minimum absolute atomic E-state index is 0. The number of ether oxygens (including phenoxy) is 2. The molecule has 2 unspecified atom stereocenters. The molecule has 1 aromatic carbocycles. The Hall–Kier alpha value is -1.02. The summed E-state index contributed by atoms with van der Waals surface area (Å²) in [5, 5.41) is 3.28. The van der Waals surface area contributed by atoms with Crippen LogP contribution in [0.2, 0.25) is 0 Å². The van der Waals surface area contributed by atoms with Crippen molar-refractivity contribution in [2.75, 3.05) is 20.8 Å². The smallest absolute Gasteiger partial charge is 0.241 e. The van der Waals surface area contributed by atoms with Crippen molar-refractivity contribution in [3.05, 3.63) is 18.2 Å². The van der Waals surface area contributed by atoms with Crippen molar-refractivity contribution < 1.29 is 17.9 Å². The van der Waals surface area contributed by atoms with Crippen LogP contribution in [-0.2, 0) is 10.0 Å². The monoisotopic (exact) mass is 350 g/mol. The van der Waals surface area contributed by atoms with E-state index in [1.165, 1.54) is 26.4 Å². The highest BCUT2D eigenvalue weighted by Gasteiger charge is 2.27. The van der Waals surface area contributed by atoms with Crippen LogP contribution in [0.15, 0.2) is 23.1 Å². The van der Waals surface area contributed by atoms with Crippen LogP contribution < -0.4 is 19.5 Å². The van der Waals surface area contributed by atoms with Crippen molar-refractivity contribution in [3.8, 4) is 11.5 Å². The lowest BCUT2D eigenvalue weighted by atomic mass is 10.0. The maximum Gasteiger partial charge on any atom is 0.241 e. The van der Waals surface area contributed by atoms with Gasteiger partial charge in [0, 0.05) is 18.2 Å². The number of piperidine rings is 1. The Labute approximate surface area is 138 Å². The molecular weight excluding hydrogens is 328 g/mol. The van der Waals surface area contributed by atoms with Crippen LogP contribution in [-0.4, -0.2) is 41.3 Å². The first-order chi connectivity index (χ1) is 9.97. The maximum absolute atomic E-state index is 12.5. The molecule has 22 heavy (non-hydrogen) atoms. The fourth-order valence-corrected chi connectivity index (χ4v) is 3.82. The maximum atomic E-state index is 12.5. The Morgan fingerprint density at radius 3 is 2.50 bits per heavy atom. The van der Waals surface area contributed by atoms with E-state index in [1.807, 2.05) is 6.92 Å². The molecule has 1 aromatic rings. The van der Waals surface area contributed by atoms with Gasteiger partial charge in [-0.1, -0.05) is 0 Å². The Bertz CT molecular complexity index is 595. The first kappa shape index (κ1) is 19.0. The van der Waals surface area contributed by atoms with Crippen LogP contribution in [0, 0.1) is 0 Å². The molecule has 2 N–H and O–H groups in total. The van der Waals surface area contributed by atoms with Crippen LogP contribution in [0.1, 0.15) is 19.8 Å². The number of sulfonamides is 1. The highest BCUT2D eigenvalue weighted by atomic mass is 35.5. The molecule has 2 atom stereocenters. The van der Waals surface area contributed by atoms with Crippen molar-refractivity contribution in [2.24, 2.45) is 0 Å². The highest BCUT2D eigenvalue weighted by Crippen LogP contribution is 2.29. The fraction of sp³-hybridized carbons (Fsp3) is 0.571. The first-order valence-corrected chi connectivity index (χ1v) is 8.44. The summed E-state index contributed by atoms with van der Waals surface area (Å²) in [7, 11) is -0.581. The standard InChI is InChI=1S/C14H22N2O4S.ClH/c1-10-12(5-4-8-15-10)16-21(17,18)11-6-7-13(19-2)14(9-11)20-3;/h6-7,9-10,12,15-16H,4-5,8H2,1-3H3;1H. The third-order valence-electron chi connectivity index (χ3n) is 3.73. The molecule has 0 radical (unpaired) electrons. The third-order valence-corrected chi connectivity index (χ3v) is 5.22. The number of hydrogen-bond donors (Lipinski definition) is 2. The van der Waals surface area contributed by atoms with Crippen molar-refractivity contribution in [3.63, 3.8) is 0 Å². The largest absolute Gasteiger partial charge is 0.493 e. The number of benzene rings is 1. The average Bonchev–Trinajstić information content (AvgIpc) is 2.48. The molecule has 2 rings (SSSR count). The Kier molecular flexibility index (Phi) is 6.93. The van der Waals surface area contributed by atoms with Gasteiger partial charge in [0.2, 0.25) is 10.0 Å². The summed E-state index contributed by atoms with van der Waals surface area (Å²) in [5.41, 5.74) is 0. The predicted octanol–water partition coefficient (Wildman–Crippen LogP) is 1.54. The number of halogens is 1. The zero-order chi connectivity index (χ0) is 15.5. The summed E-state index contributed by atoms with van der Waals surface area (Å²) in [6.07, 6.45) is 1.80. The summed E-state index contributed by atoms with van der Waals surface area (Å²) in [4.78, 5) is 0.179. The van der Waals surface area contributed by atoms with Gasteiger partial charge in [-0.05, 0) is 38.4 Å². The minimum atomic E-state index is -3.58. The molecule has 0 aromatic heterocycles. The molecule has 0 bridgehead atoms. The van der Waals surface area contributed by atoms with Gasteiger partial charge in [-0.15, -0.1) is 12.4 Å². The lowest BCUT2D eigenvalue weighted by molar-refractivity contribution is 0.347. The Balaban J connectivity index is 0.00000242. The molecule has 1 saturated heterocycles. The van der Waals surface area contributed by atoms with Crippen molar-refractivity contribution in [2.45, 2.75) is 36.7 Å². The van der Waals surface area contributed by atoms with Crippen LogP contribution in [0.4, 0.5) is 0 Å². The van der Waals surface area contributed by atoms with Gasteiger partial charge >= 0.3 is 0 Å². The first-order valence-electron chi connectivity index (χ1n) is 6.95. The van der Waals surface area contributed by atoms with E-state index >= 15 is 0 Å². The molecule has 0 spiro atoms. The molecule has 8 heteroatoms. The number of hydrogen-bond acceptors (Lipinski definition) is 5. The van der Waals surface area contributed by atoms with Crippen molar-refractivity contribution >= 4 is 22.4 Å². The van der Waals surface area contributed by atoms with Crippen LogP contribution in [0.3, 0.4) is 0 Å². The zero-order valence-corrected chi connectivity index (χ0v) is 14.6. The molecule has 1 aliphatic heterocycles. The Morgan fingerprint density at radius 2 is 1.91 bits per heavy atom. The third kappa shape index (κ3) is 4.25. The lowest BCUT2D eigenvalue weighted by Crippen LogP contribution is -2.51. The van der Waals surface area contributed by atoms with E-state index in [0.717, 1.165) is 19.4 Å². The second-order valence-corrected chi connectivity index (χ2v) is 6.84. The molecule has 0 aliphatic carbocycles. The summed E-state index contributed by atoms with van der Waals surface area (Å²) >= 11 is 0. The fourth-order valence-electron chi connectivity index (χ4n) is 2.46. The molecule has 1 aliphatic rings. The van der Waals surface area contributed by atoms with Gasteiger partial charge in [0.15, 0.2) is 11.5 Å². The molecule has 1 fully saturated rings. The predicted molar refractivity (Wildman–Crippen MR) is 87.6 cm³/mol. The van der Waals surface area contributed by atoms with Crippen LogP contribution in [0.25, 0.3) is 0 Å². The van der Waals surface area contributed by atoms with Crippen LogP contribution in [0.5, 0.6) is 11.5 Å². The number of rotatable bonds is 5. The second kappa shape index (κ2) is 8.01. The van der Waals surface area contributed by atoms with E-state index < -0.39 is 10.0 Å². The van der Waals surface area contributed by atoms with Gasteiger partial charge in [0.1, 0.15) is 0 Å². The average molecular weight is 351 g/mol. The molecule has 1 heterocycles. The molecular formula is C14H23ClN2O4S. The lowest BCUT2D eigenvalue weighted by Gasteiger charge is -2.30. The van der Waals surface area contributed by atoms with E-state index in [2.05, 4.69) is 10.0 Å². The van der Waals surface area contributed by atoms with E-state index in [4.69, 9.17) is 9.47 Å². The summed E-state index contributed by atoms with van der Waals surface area (Å²) < 4.78 is 38.0. The molecule has 6 nitrogen and oxygen atoms in total. The summed E-state index contributed by atoms with van der Waals surface area (Å²) in [6, 6.07) is 4.60. The van der Waals surface area contributed by atoms with E-state index in [0.29, 0.717) is 11.5 Å². The van der Waals surface area contributed by atoms with Gasteiger partial charge < -0.3 is 14.8 Å².